The molecule has 1 atom stereocenters. The van der Waals surface area contributed by atoms with Crippen LogP contribution < -0.4 is 0 Å². The molecule has 1 unspecified atom stereocenters. The predicted molar refractivity (Wildman–Crippen MR) is 82.6 cm³/mol. The van der Waals surface area contributed by atoms with Gasteiger partial charge in [0.05, 0.1) is 17.2 Å². The van der Waals surface area contributed by atoms with Gasteiger partial charge in [0.15, 0.2) is 5.69 Å². The van der Waals surface area contributed by atoms with Gasteiger partial charge in [0, 0.05) is 5.69 Å². The van der Waals surface area contributed by atoms with Crippen molar-refractivity contribution in [2.24, 2.45) is 5.41 Å². The molecule has 0 amide bonds. The molecule has 0 bridgehead atoms. The number of para-hydroxylation sites is 1. The van der Waals surface area contributed by atoms with Crippen molar-refractivity contribution in [3.8, 4) is 11.8 Å². The van der Waals surface area contributed by atoms with Crippen LogP contribution in [0.2, 0.25) is 0 Å². The van der Waals surface area contributed by atoms with Gasteiger partial charge in [-0.25, -0.2) is 9.48 Å². The Morgan fingerprint density at radius 1 is 1.36 bits per heavy atom. The third kappa shape index (κ3) is 3.17. The van der Waals surface area contributed by atoms with Crippen molar-refractivity contribution in [1.29, 1.82) is 5.26 Å². The Hall–Kier alpha value is -2.61. The maximum atomic E-state index is 12.2. The molecule has 2 aromatic rings. The fourth-order valence-electron chi connectivity index (χ4n) is 1.86. The molecule has 0 fully saturated rings. The number of carbonyl (C=O) groups excluding carboxylic acids is 1. The number of nitriles is 1. The van der Waals surface area contributed by atoms with Crippen molar-refractivity contribution in [2.45, 2.75) is 33.8 Å². The molecule has 1 aromatic carbocycles. The molecule has 0 saturated heterocycles. The van der Waals surface area contributed by atoms with Crippen LogP contribution in [0.5, 0.6) is 0 Å². The SMILES string of the molecule is Cc1cc(C(=O)OC(C)C(C)(C)C#N)nn1-c1ccccc1. The zero-order valence-corrected chi connectivity index (χ0v) is 13.2. The predicted octanol–water partition coefficient (Wildman–Crippen LogP) is 3.28. The summed E-state index contributed by atoms with van der Waals surface area (Å²) in [5.74, 6) is -0.520. The molecule has 22 heavy (non-hydrogen) atoms. The number of ether oxygens (including phenoxy) is 1. The van der Waals surface area contributed by atoms with Crippen molar-refractivity contribution >= 4 is 5.97 Å². The van der Waals surface area contributed by atoms with Crippen molar-refractivity contribution < 1.29 is 9.53 Å². The standard InChI is InChI=1S/C17H19N3O2/c1-12-10-15(16(21)22-13(2)17(3,4)11-18)19-20(12)14-8-6-5-7-9-14/h5-10,13H,1-4H3. The van der Waals surface area contributed by atoms with Gasteiger partial charge >= 0.3 is 5.97 Å². The summed E-state index contributed by atoms with van der Waals surface area (Å²) in [6.45, 7) is 7.05. The Morgan fingerprint density at radius 2 is 2.00 bits per heavy atom. The number of hydrogen-bond donors (Lipinski definition) is 0. The van der Waals surface area contributed by atoms with Crippen LogP contribution in [-0.4, -0.2) is 21.9 Å². The maximum absolute atomic E-state index is 12.2. The number of nitrogens with zero attached hydrogens (tertiary/aromatic N) is 3. The van der Waals surface area contributed by atoms with Crippen LogP contribution in [0, 0.1) is 23.7 Å². The van der Waals surface area contributed by atoms with Crippen LogP contribution in [0.25, 0.3) is 5.69 Å². The van der Waals surface area contributed by atoms with Crippen molar-refractivity contribution in [1.82, 2.24) is 9.78 Å². The molecule has 0 radical (unpaired) electrons. The first-order valence-corrected chi connectivity index (χ1v) is 7.09. The van der Waals surface area contributed by atoms with Gasteiger partial charge in [0.25, 0.3) is 0 Å². The van der Waals surface area contributed by atoms with Crippen LogP contribution in [0.3, 0.4) is 0 Å². The molecule has 1 aromatic heterocycles. The lowest BCUT2D eigenvalue weighted by Crippen LogP contribution is -2.30. The van der Waals surface area contributed by atoms with E-state index >= 15 is 0 Å². The number of esters is 1. The topological polar surface area (TPSA) is 67.9 Å². The Morgan fingerprint density at radius 3 is 2.59 bits per heavy atom. The quantitative estimate of drug-likeness (QED) is 0.812. The zero-order valence-electron chi connectivity index (χ0n) is 13.2. The number of hydrogen-bond acceptors (Lipinski definition) is 4. The first-order valence-electron chi connectivity index (χ1n) is 7.09. The van der Waals surface area contributed by atoms with E-state index in [2.05, 4.69) is 11.2 Å². The Balaban J connectivity index is 2.21. The summed E-state index contributed by atoms with van der Waals surface area (Å²) in [6.07, 6.45) is -0.521. The second kappa shape index (κ2) is 6.02. The molecular weight excluding hydrogens is 278 g/mol. The van der Waals surface area contributed by atoms with Gasteiger partial charge in [-0.1, -0.05) is 18.2 Å². The smallest absolute Gasteiger partial charge is 0.359 e. The molecule has 0 saturated carbocycles. The third-order valence-corrected chi connectivity index (χ3v) is 3.69. The number of carbonyl (C=O) groups is 1. The van der Waals surface area contributed by atoms with Gasteiger partial charge in [0.2, 0.25) is 0 Å². The lowest BCUT2D eigenvalue weighted by Gasteiger charge is -2.23. The van der Waals surface area contributed by atoms with E-state index in [-0.39, 0.29) is 5.69 Å². The van der Waals surface area contributed by atoms with Gasteiger partial charge in [0.1, 0.15) is 6.10 Å². The van der Waals surface area contributed by atoms with E-state index in [0.29, 0.717) is 0 Å². The minimum atomic E-state index is -0.743. The Labute approximate surface area is 130 Å². The summed E-state index contributed by atoms with van der Waals surface area (Å²) in [7, 11) is 0. The van der Waals surface area contributed by atoms with Crippen LogP contribution in [0.4, 0.5) is 0 Å². The van der Waals surface area contributed by atoms with E-state index in [1.165, 1.54) is 0 Å². The van der Waals surface area contributed by atoms with E-state index in [9.17, 15) is 4.79 Å². The van der Waals surface area contributed by atoms with Gasteiger partial charge in [-0.2, -0.15) is 10.4 Å². The maximum Gasteiger partial charge on any atom is 0.359 e. The highest BCUT2D eigenvalue weighted by molar-refractivity contribution is 5.87. The Bertz CT molecular complexity index is 711. The lowest BCUT2D eigenvalue weighted by molar-refractivity contribution is 0.0122. The summed E-state index contributed by atoms with van der Waals surface area (Å²) < 4.78 is 7.05. The summed E-state index contributed by atoms with van der Waals surface area (Å²) in [5.41, 5.74) is 1.21. The monoisotopic (exact) mass is 297 g/mol. The average Bonchev–Trinajstić information content (AvgIpc) is 2.90. The molecule has 114 valence electrons. The van der Waals surface area contributed by atoms with E-state index in [4.69, 9.17) is 10.00 Å². The number of rotatable bonds is 4. The van der Waals surface area contributed by atoms with E-state index in [0.717, 1.165) is 11.4 Å². The normalized spacial score (nSPS) is 12.5. The number of aryl methyl sites for hydroxylation is 1. The van der Waals surface area contributed by atoms with Gasteiger partial charge < -0.3 is 4.74 Å². The largest absolute Gasteiger partial charge is 0.456 e. The molecule has 5 heteroatoms. The second-order valence-electron chi connectivity index (χ2n) is 5.80. The van der Waals surface area contributed by atoms with E-state index in [1.54, 1.807) is 31.5 Å². The summed E-state index contributed by atoms with van der Waals surface area (Å²) in [6, 6.07) is 13.4. The van der Waals surface area contributed by atoms with Gasteiger partial charge in [-0.3, -0.25) is 0 Å². The van der Waals surface area contributed by atoms with Crippen molar-refractivity contribution in [3.63, 3.8) is 0 Å². The van der Waals surface area contributed by atoms with Crippen LogP contribution >= 0.6 is 0 Å². The van der Waals surface area contributed by atoms with Crippen LogP contribution in [0.15, 0.2) is 36.4 Å². The molecule has 0 N–H and O–H groups in total. The minimum Gasteiger partial charge on any atom is -0.456 e. The molecule has 1 heterocycles. The number of aromatic nitrogens is 2. The fraction of sp³-hybridized carbons (Fsp3) is 0.353. The first kappa shape index (κ1) is 15.8. The average molecular weight is 297 g/mol. The Kier molecular flexibility index (Phi) is 4.32. The van der Waals surface area contributed by atoms with Crippen LogP contribution in [-0.2, 0) is 4.74 Å². The lowest BCUT2D eigenvalue weighted by atomic mass is 9.89. The summed E-state index contributed by atoms with van der Waals surface area (Å²) >= 11 is 0. The van der Waals surface area contributed by atoms with Crippen molar-refractivity contribution in [2.75, 3.05) is 0 Å². The highest BCUT2D eigenvalue weighted by Gasteiger charge is 2.30. The molecule has 5 nitrogen and oxygen atoms in total. The third-order valence-electron chi connectivity index (χ3n) is 3.69. The molecule has 0 aliphatic carbocycles. The fourth-order valence-corrected chi connectivity index (χ4v) is 1.86. The van der Waals surface area contributed by atoms with E-state index in [1.807, 2.05) is 37.3 Å². The number of benzene rings is 1. The summed E-state index contributed by atoms with van der Waals surface area (Å²) in [4.78, 5) is 12.2. The summed E-state index contributed by atoms with van der Waals surface area (Å²) in [5, 5.41) is 13.4. The zero-order chi connectivity index (χ0) is 16.3. The van der Waals surface area contributed by atoms with Crippen molar-refractivity contribution in [3.05, 3.63) is 47.8 Å². The molecule has 0 spiro atoms. The van der Waals surface area contributed by atoms with Gasteiger partial charge in [-0.15, -0.1) is 0 Å². The van der Waals surface area contributed by atoms with Gasteiger partial charge in [-0.05, 0) is 45.9 Å². The first-order chi connectivity index (χ1) is 10.3. The second-order valence-corrected chi connectivity index (χ2v) is 5.80. The van der Waals surface area contributed by atoms with E-state index < -0.39 is 17.5 Å². The molecular formula is C17H19N3O2. The molecule has 0 aliphatic heterocycles. The highest BCUT2D eigenvalue weighted by Crippen LogP contribution is 2.23. The molecule has 2 rings (SSSR count). The molecule has 0 aliphatic rings. The van der Waals surface area contributed by atoms with Crippen LogP contribution in [0.1, 0.15) is 37.0 Å². The highest BCUT2D eigenvalue weighted by atomic mass is 16.5. The minimum absolute atomic E-state index is 0.238.